The van der Waals surface area contributed by atoms with E-state index >= 15 is 0 Å². The molecule has 154 valence electrons. The molecule has 1 saturated carbocycles. The fourth-order valence-corrected chi connectivity index (χ4v) is 3.83. The molecule has 31 heavy (non-hydrogen) atoms. The second kappa shape index (κ2) is 6.66. The smallest absolute Gasteiger partial charge is 0.313 e. The third kappa shape index (κ3) is 3.00. The number of aromatic nitrogens is 5. The van der Waals surface area contributed by atoms with Gasteiger partial charge in [0.1, 0.15) is 11.6 Å². The van der Waals surface area contributed by atoms with Gasteiger partial charge in [0, 0.05) is 17.3 Å². The summed E-state index contributed by atoms with van der Waals surface area (Å²) in [7, 11) is 0. The summed E-state index contributed by atoms with van der Waals surface area (Å²) in [5, 5.41) is 12.9. The number of nitrogens with one attached hydrogen (secondary N) is 2. The van der Waals surface area contributed by atoms with Gasteiger partial charge in [0.15, 0.2) is 5.65 Å². The van der Waals surface area contributed by atoms with E-state index in [-0.39, 0.29) is 28.0 Å². The third-order valence-electron chi connectivity index (χ3n) is 5.32. The number of fused-ring (bicyclic) bond motifs is 1. The van der Waals surface area contributed by atoms with Crippen molar-refractivity contribution in [3.8, 4) is 17.3 Å². The maximum atomic E-state index is 14.5. The summed E-state index contributed by atoms with van der Waals surface area (Å²) in [5.41, 5.74) is -1.06. The molecule has 4 aromatic rings. The number of imidazole rings is 1. The molecule has 2 atom stereocenters. The number of nitriles is 1. The number of aromatic amines is 2. The van der Waals surface area contributed by atoms with E-state index in [1.807, 2.05) is 0 Å². The molecule has 3 heterocycles. The quantitative estimate of drug-likeness (QED) is 0.523. The molecule has 11 heteroatoms. The molecule has 8 nitrogen and oxygen atoms in total. The van der Waals surface area contributed by atoms with Crippen LogP contribution in [0.1, 0.15) is 34.9 Å². The van der Waals surface area contributed by atoms with Gasteiger partial charge in [-0.05, 0) is 36.5 Å². The predicted octanol–water partition coefficient (Wildman–Crippen LogP) is 2.33. The minimum absolute atomic E-state index is 0.0104. The number of halogens is 3. The highest BCUT2D eigenvalue weighted by atomic mass is 19.1. The first-order chi connectivity index (χ1) is 14.9. The van der Waals surface area contributed by atoms with Crippen molar-refractivity contribution < 1.29 is 13.2 Å². The zero-order chi connectivity index (χ0) is 21.9. The number of nitrogens with zero attached hydrogens (tertiary/aromatic N) is 4. The van der Waals surface area contributed by atoms with E-state index in [9.17, 15) is 22.8 Å². The minimum Gasteiger partial charge on any atom is -0.313 e. The van der Waals surface area contributed by atoms with Gasteiger partial charge in [-0.1, -0.05) is 0 Å². The lowest BCUT2D eigenvalue weighted by Crippen LogP contribution is -2.23. The van der Waals surface area contributed by atoms with E-state index in [0.717, 1.165) is 29.0 Å². The molecule has 2 N–H and O–H groups in total. The van der Waals surface area contributed by atoms with E-state index in [4.69, 9.17) is 5.26 Å². The molecule has 0 unspecified atom stereocenters. The average molecular weight is 424 g/mol. The highest BCUT2D eigenvalue weighted by Gasteiger charge is 2.44. The zero-order valence-electron chi connectivity index (χ0n) is 15.5. The van der Waals surface area contributed by atoms with Crippen LogP contribution < -0.4 is 11.2 Å². The van der Waals surface area contributed by atoms with E-state index in [2.05, 4.69) is 20.1 Å². The summed E-state index contributed by atoms with van der Waals surface area (Å²) >= 11 is 0. The van der Waals surface area contributed by atoms with Gasteiger partial charge in [-0.2, -0.15) is 19.3 Å². The van der Waals surface area contributed by atoms with Crippen molar-refractivity contribution in [2.75, 3.05) is 0 Å². The van der Waals surface area contributed by atoms with Gasteiger partial charge in [-0.15, -0.1) is 0 Å². The van der Waals surface area contributed by atoms with Crippen molar-refractivity contribution in [1.82, 2.24) is 24.6 Å². The lowest BCUT2D eigenvalue weighted by Gasteiger charge is -2.09. The number of H-pyrrole nitrogens is 2. The molecule has 5 rings (SSSR count). The van der Waals surface area contributed by atoms with Crippen LogP contribution in [-0.2, 0) is 0 Å². The van der Waals surface area contributed by atoms with Gasteiger partial charge in [-0.3, -0.25) is 9.78 Å². The largest absolute Gasteiger partial charge is 0.325 e. The first kappa shape index (κ1) is 18.8. The van der Waals surface area contributed by atoms with Crippen LogP contribution in [0.5, 0.6) is 0 Å². The van der Waals surface area contributed by atoms with Gasteiger partial charge >= 0.3 is 5.69 Å². The normalized spacial score (nSPS) is 17.6. The van der Waals surface area contributed by atoms with Gasteiger partial charge in [-0.25, -0.2) is 18.6 Å². The summed E-state index contributed by atoms with van der Waals surface area (Å²) in [5.74, 6) is -3.42. The van der Waals surface area contributed by atoms with Crippen LogP contribution in [0, 0.1) is 28.9 Å². The molecular weight excluding hydrogens is 413 g/mol. The van der Waals surface area contributed by atoms with Crippen LogP contribution in [0.2, 0.25) is 0 Å². The molecule has 1 aromatic carbocycles. The maximum Gasteiger partial charge on any atom is 0.325 e. The monoisotopic (exact) mass is 424 g/mol. The highest BCUT2D eigenvalue weighted by molar-refractivity contribution is 5.63. The number of benzene rings is 1. The Hall–Kier alpha value is -4.20. The van der Waals surface area contributed by atoms with E-state index < -0.39 is 40.7 Å². The second-order valence-electron chi connectivity index (χ2n) is 7.20. The van der Waals surface area contributed by atoms with Crippen molar-refractivity contribution in [3.05, 3.63) is 85.7 Å². The molecule has 0 aliphatic heterocycles. The molecule has 1 fully saturated rings. The fraction of sp³-hybridized carbons (Fsp3) is 0.150. The molecule has 0 amide bonds. The summed E-state index contributed by atoms with van der Waals surface area (Å²) < 4.78 is 44.1. The van der Waals surface area contributed by atoms with Crippen LogP contribution in [0.4, 0.5) is 13.2 Å². The number of rotatable bonds is 3. The average Bonchev–Trinajstić information content (AvgIpc) is 3.41. The molecule has 0 radical (unpaired) electrons. The molecule has 3 aromatic heterocycles. The third-order valence-corrected chi connectivity index (χ3v) is 5.32. The molecule has 0 saturated heterocycles. The van der Waals surface area contributed by atoms with Gasteiger partial charge < -0.3 is 4.98 Å². The molecule has 0 spiro atoms. The van der Waals surface area contributed by atoms with Crippen molar-refractivity contribution in [2.45, 2.75) is 18.3 Å². The predicted molar refractivity (Wildman–Crippen MR) is 101 cm³/mol. The van der Waals surface area contributed by atoms with Crippen LogP contribution >= 0.6 is 0 Å². The summed E-state index contributed by atoms with van der Waals surface area (Å²) in [6.45, 7) is 0. The lowest BCUT2D eigenvalue weighted by molar-refractivity contribution is 0.548. The van der Waals surface area contributed by atoms with Crippen LogP contribution in [0.25, 0.3) is 16.9 Å². The fourth-order valence-electron chi connectivity index (χ4n) is 3.83. The van der Waals surface area contributed by atoms with Crippen molar-refractivity contribution in [3.63, 3.8) is 0 Å². The van der Waals surface area contributed by atoms with E-state index in [0.29, 0.717) is 12.0 Å². The SMILES string of the molecule is N#Cc1cc(F)c([C@H]2C[C@@H]2c2cc(-c3c[nH]c(=O)[nH]c3=O)nn3c(F)cnc23)c(F)c1. The van der Waals surface area contributed by atoms with Crippen LogP contribution in [-0.4, -0.2) is 24.6 Å². The maximum absolute atomic E-state index is 14.5. The zero-order valence-corrected chi connectivity index (χ0v) is 15.5. The first-order valence-electron chi connectivity index (χ1n) is 9.13. The first-order valence-corrected chi connectivity index (χ1v) is 9.13. The van der Waals surface area contributed by atoms with Gasteiger partial charge in [0.05, 0.1) is 29.1 Å². The Balaban J connectivity index is 1.64. The molecule has 1 aliphatic rings. The second-order valence-corrected chi connectivity index (χ2v) is 7.20. The molecule has 1 aliphatic carbocycles. The topological polar surface area (TPSA) is 120 Å². The van der Waals surface area contributed by atoms with E-state index in [1.165, 1.54) is 6.07 Å². The Morgan fingerprint density at radius 3 is 2.55 bits per heavy atom. The summed E-state index contributed by atoms with van der Waals surface area (Å²) in [6, 6.07) is 5.13. The Morgan fingerprint density at radius 2 is 1.87 bits per heavy atom. The Kier molecular flexibility index (Phi) is 4.04. The summed E-state index contributed by atoms with van der Waals surface area (Å²) in [4.78, 5) is 31.9. The Bertz CT molecular complexity index is 1510. The van der Waals surface area contributed by atoms with Crippen molar-refractivity contribution >= 4 is 5.65 Å². The Morgan fingerprint density at radius 1 is 1.13 bits per heavy atom. The highest BCUT2D eigenvalue weighted by Crippen LogP contribution is 2.56. The summed E-state index contributed by atoms with van der Waals surface area (Å²) in [6.07, 6.45) is 2.46. The van der Waals surface area contributed by atoms with Crippen LogP contribution in [0.3, 0.4) is 0 Å². The van der Waals surface area contributed by atoms with Crippen molar-refractivity contribution in [1.29, 1.82) is 5.26 Å². The van der Waals surface area contributed by atoms with Crippen molar-refractivity contribution in [2.24, 2.45) is 0 Å². The van der Waals surface area contributed by atoms with Crippen LogP contribution in [0.15, 0.2) is 40.2 Å². The van der Waals surface area contributed by atoms with E-state index in [1.54, 1.807) is 6.07 Å². The molecule has 0 bridgehead atoms. The number of hydrogen-bond acceptors (Lipinski definition) is 5. The lowest BCUT2D eigenvalue weighted by atomic mass is 10.0. The Labute approximate surface area is 170 Å². The number of hydrogen-bond donors (Lipinski definition) is 2. The standard InChI is InChI=1S/C20H11F3N6O2/c21-13-1-8(5-24)2-14(22)17(13)10-3-9(10)11-4-15(12-6-26-20(31)27-19(12)30)28-29-16(23)7-25-18(11)29/h1-2,4,6-7,9-10H,3H2,(H2,26,27,30,31)/t9-,10-/m0/s1. The van der Waals surface area contributed by atoms with Gasteiger partial charge in [0.2, 0.25) is 5.95 Å². The van der Waals surface area contributed by atoms with Gasteiger partial charge in [0.25, 0.3) is 5.56 Å². The minimum atomic E-state index is -0.832. The molecular formula is C20H11F3N6O2.